The number of likely N-dealkylation sites (tertiary alicyclic amines) is 1. The Balaban J connectivity index is 1.86. The van der Waals surface area contributed by atoms with Crippen LogP contribution in [0.3, 0.4) is 0 Å². The predicted molar refractivity (Wildman–Crippen MR) is 115 cm³/mol. The fourth-order valence-corrected chi connectivity index (χ4v) is 3.93. The van der Waals surface area contributed by atoms with Crippen molar-refractivity contribution < 1.29 is 14.3 Å². The number of anilines is 1. The molecular formula is C24H30N2O3. The monoisotopic (exact) mass is 394 g/mol. The Kier molecular flexibility index (Phi) is 7.04. The van der Waals surface area contributed by atoms with E-state index < -0.39 is 6.04 Å². The maximum Gasteiger partial charge on any atom is 0.310 e. The van der Waals surface area contributed by atoms with E-state index in [4.69, 9.17) is 4.74 Å². The summed E-state index contributed by atoms with van der Waals surface area (Å²) in [5.74, 6) is -0.434. The third kappa shape index (κ3) is 5.24. The number of aryl methyl sites for hydroxylation is 2. The average Bonchev–Trinajstić information content (AvgIpc) is 2.72. The van der Waals surface area contributed by atoms with Crippen molar-refractivity contribution in [3.8, 4) is 0 Å². The molecule has 2 aromatic rings. The van der Waals surface area contributed by atoms with Gasteiger partial charge in [-0.2, -0.15) is 0 Å². The van der Waals surface area contributed by atoms with Gasteiger partial charge in [0, 0.05) is 12.2 Å². The molecular weight excluding hydrogens is 364 g/mol. The summed E-state index contributed by atoms with van der Waals surface area (Å²) in [5, 5.41) is 3.12. The van der Waals surface area contributed by atoms with Crippen molar-refractivity contribution in [3.05, 3.63) is 65.2 Å². The van der Waals surface area contributed by atoms with E-state index >= 15 is 0 Å². The van der Waals surface area contributed by atoms with Gasteiger partial charge in [-0.3, -0.25) is 14.5 Å². The number of carbonyl (C=O) groups excluding carboxylic acids is 2. The molecule has 154 valence electrons. The van der Waals surface area contributed by atoms with E-state index in [9.17, 15) is 9.59 Å². The summed E-state index contributed by atoms with van der Waals surface area (Å²) in [6, 6.07) is 15.4. The Hall–Kier alpha value is -2.66. The summed E-state index contributed by atoms with van der Waals surface area (Å²) in [6.45, 7) is 7.50. The first-order chi connectivity index (χ1) is 14.0. The Morgan fingerprint density at radius 3 is 2.66 bits per heavy atom. The van der Waals surface area contributed by atoms with Gasteiger partial charge in [-0.25, -0.2) is 0 Å². The topological polar surface area (TPSA) is 58.6 Å². The lowest BCUT2D eigenvalue weighted by molar-refractivity contribution is -0.151. The third-order valence-corrected chi connectivity index (χ3v) is 5.45. The summed E-state index contributed by atoms with van der Waals surface area (Å²) in [7, 11) is 0. The van der Waals surface area contributed by atoms with Crippen molar-refractivity contribution in [1.82, 2.24) is 4.90 Å². The molecule has 0 bridgehead atoms. The van der Waals surface area contributed by atoms with Gasteiger partial charge < -0.3 is 10.1 Å². The standard InChI is InChI=1S/C24H30N2O3/c1-4-29-24(28)20-11-8-14-26(16-20)22(19-9-6-5-7-10-19)23(27)25-21-15-17(2)12-13-18(21)3/h5-7,9-10,12-13,15,20,22H,4,8,11,14,16H2,1-3H3,(H,25,27)/t20-,22+/m0/s1. The minimum Gasteiger partial charge on any atom is -0.466 e. The molecule has 5 nitrogen and oxygen atoms in total. The van der Waals surface area contributed by atoms with Gasteiger partial charge in [0.15, 0.2) is 0 Å². The number of hydrogen-bond donors (Lipinski definition) is 1. The van der Waals surface area contributed by atoms with E-state index in [2.05, 4.69) is 10.2 Å². The van der Waals surface area contributed by atoms with Gasteiger partial charge in [-0.15, -0.1) is 0 Å². The fraction of sp³-hybridized carbons (Fsp3) is 0.417. The molecule has 0 unspecified atom stereocenters. The first-order valence-corrected chi connectivity index (χ1v) is 10.3. The van der Waals surface area contributed by atoms with Gasteiger partial charge in [-0.1, -0.05) is 42.5 Å². The molecule has 1 aliphatic heterocycles. The normalized spacial score (nSPS) is 18.1. The molecule has 1 aliphatic rings. The lowest BCUT2D eigenvalue weighted by atomic mass is 9.94. The second-order valence-electron chi connectivity index (χ2n) is 7.71. The van der Waals surface area contributed by atoms with Crippen molar-refractivity contribution in [1.29, 1.82) is 0 Å². The molecule has 1 amide bonds. The molecule has 1 N–H and O–H groups in total. The van der Waals surface area contributed by atoms with Crippen molar-refractivity contribution in [2.45, 2.75) is 39.7 Å². The Labute approximate surface area is 173 Å². The number of hydrogen-bond acceptors (Lipinski definition) is 4. The summed E-state index contributed by atoms with van der Waals surface area (Å²) >= 11 is 0. The number of benzene rings is 2. The van der Waals surface area contributed by atoms with E-state index in [1.54, 1.807) is 0 Å². The quantitative estimate of drug-likeness (QED) is 0.744. The average molecular weight is 395 g/mol. The minimum atomic E-state index is -0.451. The van der Waals surface area contributed by atoms with Crippen LogP contribution >= 0.6 is 0 Å². The largest absolute Gasteiger partial charge is 0.466 e. The number of amides is 1. The van der Waals surface area contributed by atoms with Gasteiger partial charge in [0.1, 0.15) is 6.04 Å². The maximum atomic E-state index is 13.4. The first kappa shape index (κ1) is 21.1. The van der Waals surface area contributed by atoms with Crippen LogP contribution in [0.5, 0.6) is 0 Å². The molecule has 3 rings (SSSR count). The van der Waals surface area contributed by atoms with Crippen LogP contribution in [0.1, 0.15) is 42.5 Å². The molecule has 2 aromatic carbocycles. The molecule has 0 aromatic heterocycles. The van der Waals surface area contributed by atoms with E-state index in [1.165, 1.54) is 0 Å². The molecule has 5 heteroatoms. The third-order valence-electron chi connectivity index (χ3n) is 5.45. The van der Waals surface area contributed by atoms with Crippen LogP contribution in [0.4, 0.5) is 5.69 Å². The summed E-state index contributed by atoms with van der Waals surface area (Å²) in [6.07, 6.45) is 1.67. The molecule has 2 atom stereocenters. The fourth-order valence-electron chi connectivity index (χ4n) is 3.93. The van der Waals surface area contributed by atoms with E-state index in [-0.39, 0.29) is 17.8 Å². The molecule has 0 saturated carbocycles. The second kappa shape index (κ2) is 9.70. The Morgan fingerprint density at radius 2 is 1.93 bits per heavy atom. The first-order valence-electron chi connectivity index (χ1n) is 10.3. The second-order valence-corrected chi connectivity index (χ2v) is 7.71. The number of piperidine rings is 1. The zero-order chi connectivity index (χ0) is 20.8. The van der Waals surface area contributed by atoms with E-state index in [0.29, 0.717) is 13.2 Å². The summed E-state index contributed by atoms with van der Waals surface area (Å²) in [5.41, 5.74) is 3.89. The molecule has 29 heavy (non-hydrogen) atoms. The highest BCUT2D eigenvalue weighted by Crippen LogP contribution is 2.29. The Bertz CT molecular complexity index is 850. The van der Waals surface area contributed by atoms with Crippen LogP contribution in [-0.2, 0) is 14.3 Å². The molecule has 1 saturated heterocycles. The van der Waals surface area contributed by atoms with Gasteiger partial charge >= 0.3 is 5.97 Å². The summed E-state index contributed by atoms with van der Waals surface area (Å²) in [4.78, 5) is 27.8. The molecule has 0 radical (unpaired) electrons. The zero-order valence-electron chi connectivity index (χ0n) is 17.5. The lowest BCUT2D eigenvalue weighted by Crippen LogP contribution is -2.45. The van der Waals surface area contributed by atoms with Crippen LogP contribution < -0.4 is 5.32 Å². The van der Waals surface area contributed by atoms with Crippen LogP contribution in [0.25, 0.3) is 0 Å². The number of carbonyl (C=O) groups is 2. The zero-order valence-corrected chi connectivity index (χ0v) is 17.5. The molecule has 0 aliphatic carbocycles. The van der Waals surface area contributed by atoms with Gasteiger partial charge in [0.05, 0.1) is 12.5 Å². The van der Waals surface area contributed by atoms with E-state index in [0.717, 1.165) is 41.8 Å². The van der Waals surface area contributed by atoms with Crippen molar-refractivity contribution >= 4 is 17.6 Å². The van der Waals surface area contributed by atoms with Crippen LogP contribution in [0, 0.1) is 19.8 Å². The van der Waals surface area contributed by atoms with Crippen molar-refractivity contribution in [3.63, 3.8) is 0 Å². The van der Waals surface area contributed by atoms with E-state index in [1.807, 2.05) is 69.3 Å². The van der Waals surface area contributed by atoms with Gasteiger partial charge in [-0.05, 0) is 62.9 Å². The molecule has 1 heterocycles. The highest BCUT2D eigenvalue weighted by atomic mass is 16.5. The van der Waals surface area contributed by atoms with Crippen molar-refractivity contribution in [2.75, 3.05) is 25.0 Å². The SMILES string of the molecule is CCOC(=O)[C@H]1CCCN([C@@H](C(=O)Nc2cc(C)ccc2C)c2ccccc2)C1. The smallest absolute Gasteiger partial charge is 0.310 e. The number of esters is 1. The van der Waals surface area contributed by atoms with Crippen LogP contribution in [0.15, 0.2) is 48.5 Å². The lowest BCUT2D eigenvalue weighted by Gasteiger charge is -2.37. The van der Waals surface area contributed by atoms with Gasteiger partial charge in [0.2, 0.25) is 5.91 Å². The van der Waals surface area contributed by atoms with Gasteiger partial charge in [0.25, 0.3) is 0 Å². The highest BCUT2D eigenvalue weighted by Gasteiger charge is 2.34. The minimum absolute atomic E-state index is 0.0746. The molecule has 0 spiro atoms. The Morgan fingerprint density at radius 1 is 1.17 bits per heavy atom. The summed E-state index contributed by atoms with van der Waals surface area (Å²) < 4.78 is 5.23. The molecule has 1 fully saturated rings. The number of nitrogens with one attached hydrogen (secondary N) is 1. The number of ether oxygens (including phenoxy) is 1. The van der Waals surface area contributed by atoms with Crippen molar-refractivity contribution in [2.24, 2.45) is 5.92 Å². The maximum absolute atomic E-state index is 13.4. The van der Waals surface area contributed by atoms with Crippen LogP contribution in [0.2, 0.25) is 0 Å². The number of nitrogens with zero attached hydrogens (tertiary/aromatic N) is 1. The number of rotatable bonds is 6. The van der Waals surface area contributed by atoms with Crippen LogP contribution in [-0.4, -0.2) is 36.5 Å². The highest BCUT2D eigenvalue weighted by molar-refractivity contribution is 5.96. The predicted octanol–water partition coefficient (Wildman–Crippen LogP) is 4.26.